The van der Waals surface area contributed by atoms with Crippen LogP contribution in [0, 0.1) is 5.92 Å². The zero-order valence-electron chi connectivity index (χ0n) is 13.3. The van der Waals surface area contributed by atoms with Crippen molar-refractivity contribution >= 4 is 5.96 Å². The molecule has 2 N–H and O–H groups in total. The fourth-order valence-corrected chi connectivity index (χ4v) is 2.71. The molecular weight excluding hydrogens is 266 g/mol. The molecule has 1 aliphatic rings. The predicted molar refractivity (Wildman–Crippen MR) is 84.0 cm³/mol. The lowest BCUT2D eigenvalue weighted by atomic mass is 9.98. The lowest BCUT2D eigenvalue weighted by Crippen LogP contribution is -2.44. The number of nitrogens with one attached hydrogen (secondary N) is 2. The number of hydrogen-bond donors (Lipinski definition) is 2. The van der Waals surface area contributed by atoms with E-state index in [-0.39, 0.29) is 0 Å². The second-order valence-corrected chi connectivity index (χ2v) is 5.51. The molecule has 0 amide bonds. The van der Waals surface area contributed by atoms with Gasteiger partial charge in [0.2, 0.25) is 0 Å². The number of nitrogens with zero attached hydrogens (tertiary/aromatic N) is 5. The van der Waals surface area contributed by atoms with Gasteiger partial charge in [0.05, 0.1) is 6.54 Å². The Labute approximate surface area is 126 Å². The molecule has 1 aromatic heterocycles. The lowest BCUT2D eigenvalue weighted by molar-refractivity contribution is 0.183. The molecular formula is C14H27N7. The van der Waals surface area contributed by atoms with E-state index in [9.17, 15) is 0 Å². The third-order valence-corrected chi connectivity index (χ3v) is 4.05. The summed E-state index contributed by atoms with van der Waals surface area (Å²) in [6, 6.07) is 0. The van der Waals surface area contributed by atoms with Gasteiger partial charge in [-0.2, -0.15) is 5.10 Å². The Morgan fingerprint density at radius 3 is 3.00 bits per heavy atom. The van der Waals surface area contributed by atoms with Crippen molar-refractivity contribution in [3.63, 3.8) is 0 Å². The van der Waals surface area contributed by atoms with E-state index in [1.807, 2.05) is 7.05 Å². The molecule has 21 heavy (non-hydrogen) atoms. The molecule has 2 heterocycles. The second kappa shape index (κ2) is 7.97. The topological polar surface area (TPSA) is 70.4 Å². The molecule has 1 saturated heterocycles. The third kappa shape index (κ3) is 4.70. The largest absolute Gasteiger partial charge is 0.356 e. The van der Waals surface area contributed by atoms with Gasteiger partial charge in [0.15, 0.2) is 5.96 Å². The number of aliphatic imine (C=N–C) groups is 1. The molecule has 118 valence electrons. The van der Waals surface area contributed by atoms with Crippen LogP contribution in [0.25, 0.3) is 0 Å². The minimum atomic E-state index is 0.627. The molecule has 1 fully saturated rings. The maximum Gasteiger partial charge on any atom is 0.191 e. The quantitative estimate of drug-likeness (QED) is 0.600. The second-order valence-electron chi connectivity index (χ2n) is 5.51. The van der Waals surface area contributed by atoms with E-state index in [4.69, 9.17) is 0 Å². The summed E-state index contributed by atoms with van der Waals surface area (Å²) in [5.41, 5.74) is 0. The fourth-order valence-electron chi connectivity index (χ4n) is 2.71. The van der Waals surface area contributed by atoms with Crippen molar-refractivity contribution in [2.45, 2.75) is 26.3 Å². The van der Waals surface area contributed by atoms with Gasteiger partial charge in [-0.05, 0) is 31.8 Å². The molecule has 1 aliphatic heterocycles. The van der Waals surface area contributed by atoms with Crippen molar-refractivity contribution < 1.29 is 0 Å². The summed E-state index contributed by atoms with van der Waals surface area (Å²) in [7, 11) is 3.69. The maximum atomic E-state index is 4.26. The van der Waals surface area contributed by atoms with Gasteiger partial charge in [0, 0.05) is 27.2 Å². The zero-order chi connectivity index (χ0) is 15.1. The van der Waals surface area contributed by atoms with Gasteiger partial charge in [0.25, 0.3) is 0 Å². The van der Waals surface area contributed by atoms with Crippen LogP contribution in [0.4, 0.5) is 0 Å². The number of rotatable bonds is 5. The summed E-state index contributed by atoms with van der Waals surface area (Å²) in [6.45, 7) is 7.40. The first kappa shape index (κ1) is 15.8. The van der Waals surface area contributed by atoms with Crippen LogP contribution in [0.1, 0.15) is 25.6 Å². The number of aromatic nitrogens is 3. The first-order valence-electron chi connectivity index (χ1n) is 7.72. The molecule has 0 aliphatic carbocycles. The molecule has 2 rings (SSSR count). The molecule has 7 heteroatoms. The molecule has 1 atom stereocenters. The Kier molecular flexibility index (Phi) is 5.98. The van der Waals surface area contributed by atoms with E-state index >= 15 is 0 Å². The third-order valence-electron chi connectivity index (χ3n) is 4.05. The van der Waals surface area contributed by atoms with Gasteiger partial charge >= 0.3 is 0 Å². The van der Waals surface area contributed by atoms with Gasteiger partial charge < -0.3 is 15.5 Å². The van der Waals surface area contributed by atoms with Gasteiger partial charge in [-0.25, -0.2) is 4.98 Å². The summed E-state index contributed by atoms with van der Waals surface area (Å²) in [5, 5.41) is 10.8. The summed E-state index contributed by atoms with van der Waals surface area (Å²) in [4.78, 5) is 11.0. The summed E-state index contributed by atoms with van der Waals surface area (Å²) >= 11 is 0. The van der Waals surface area contributed by atoms with E-state index in [1.165, 1.54) is 25.9 Å². The van der Waals surface area contributed by atoms with E-state index in [2.05, 4.69) is 37.5 Å². The average Bonchev–Trinajstić information content (AvgIpc) is 2.93. The van der Waals surface area contributed by atoms with Crippen molar-refractivity contribution in [1.82, 2.24) is 30.3 Å². The number of hydrogen-bond acceptors (Lipinski definition) is 4. The minimum Gasteiger partial charge on any atom is -0.356 e. The highest BCUT2D eigenvalue weighted by molar-refractivity contribution is 5.79. The number of piperidine rings is 1. The van der Waals surface area contributed by atoms with E-state index in [1.54, 1.807) is 18.1 Å². The van der Waals surface area contributed by atoms with Crippen LogP contribution in [0.2, 0.25) is 0 Å². The van der Waals surface area contributed by atoms with Crippen LogP contribution in [0.5, 0.6) is 0 Å². The highest BCUT2D eigenvalue weighted by Crippen LogP contribution is 2.14. The highest BCUT2D eigenvalue weighted by Gasteiger charge is 2.18. The van der Waals surface area contributed by atoms with Crippen LogP contribution in [-0.4, -0.2) is 58.9 Å². The first-order chi connectivity index (χ1) is 10.2. The Balaban J connectivity index is 1.74. The molecule has 0 radical (unpaired) electrons. The first-order valence-corrected chi connectivity index (χ1v) is 7.72. The molecule has 1 aromatic rings. The number of aryl methyl sites for hydroxylation is 1. The molecule has 0 aromatic carbocycles. The van der Waals surface area contributed by atoms with E-state index < -0.39 is 0 Å². The smallest absolute Gasteiger partial charge is 0.191 e. The minimum absolute atomic E-state index is 0.627. The highest BCUT2D eigenvalue weighted by atomic mass is 15.3. The van der Waals surface area contributed by atoms with Crippen LogP contribution in [0.15, 0.2) is 11.3 Å². The molecule has 0 spiro atoms. The van der Waals surface area contributed by atoms with Crippen molar-refractivity contribution in [2.24, 2.45) is 18.0 Å². The molecule has 1 unspecified atom stereocenters. The summed E-state index contributed by atoms with van der Waals surface area (Å²) in [6.07, 6.45) is 4.16. The molecule has 0 bridgehead atoms. The lowest BCUT2D eigenvalue weighted by Gasteiger charge is -2.32. The van der Waals surface area contributed by atoms with Crippen molar-refractivity contribution in [2.75, 3.05) is 33.2 Å². The predicted octanol–water partition coefficient (Wildman–Crippen LogP) is 0.212. The van der Waals surface area contributed by atoms with Gasteiger partial charge in [-0.3, -0.25) is 9.67 Å². The SMILES string of the molecule is CCN1CCCC(CNC(=NC)NCc2ncnn2C)C1. The molecule has 0 saturated carbocycles. The van der Waals surface area contributed by atoms with Crippen LogP contribution in [-0.2, 0) is 13.6 Å². The van der Waals surface area contributed by atoms with Crippen molar-refractivity contribution in [1.29, 1.82) is 0 Å². The molecule has 7 nitrogen and oxygen atoms in total. The zero-order valence-corrected chi connectivity index (χ0v) is 13.3. The van der Waals surface area contributed by atoms with Gasteiger partial charge in [0.1, 0.15) is 12.2 Å². The standard InChI is InChI=1S/C14H27N7/c1-4-21-7-5-6-12(10-21)8-16-14(15-2)17-9-13-18-11-19-20(13)3/h11-12H,4-10H2,1-3H3,(H2,15,16,17). The van der Waals surface area contributed by atoms with E-state index in [0.29, 0.717) is 12.5 Å². The normalized spacial score (nSPS) is 20.5. The number of guanidine groups is 1. The Bertz CT molecular complexity index is 454. The van der Waals surface area contributed by atoms with Crippen LogP contribution in [0.3, 0.4) is 0 Å². The Hall–Kier alpha value is -1.63. The van der Waals surface area contributed by atoms with Crippen molar-refractivity contribution in [3.05, 3.63) is 12.2 Å². The van der Waals surface area contributed by atoms with Crippen LogP contribution >= 0.6 is 0 Å². The maximum absolute atomic E-state index is 4.26. The van der Waals surface area contributed by atoms with E-state index in [0.717, 1.165) is 24.9 Å². The number of likely N-dealkylation sites (tertiary alicyclic amines) is 1. The van der Waals surface area contributed by atoms with Gasteiger partial charge in [-0.15, -0.1) is 0 Å². The fraction of sp³-hybridized carbons (Fsp3) is 0.786. The Morgan fingerprint density at radius 2 is 2.33 bits per heavy atom. The van der Waals surface area contributed by atoms with Gasteiger partial charge in [-0.1, -0.05) is 6.92 Å². The summed E-state index contributed by atoms with van der Waals surface area (Å²) < 4.78 is 1.76. The average molecular weight is 293 g/mol. The van der Waals surface area contributed by atoms with Crippen molar-refractivity contribution in [3.8, 4) is 0 Å². The van der Waals surface area contributed by atoms with Crippen LogP contribution < -0.4 is 10.6 Å². The Morgan fingerprint density at radius 1 is 1.48 bits per heavy atom. The summed E-state index contributed by atoms with van der Waals surface area (Å²) in [5.74, 6) is 2.42. The monoisotopic (exact) mass is 293 g/mol.